The summed E-state index contributed by atoms with van der Waals surface area (Å²) in [6.07, 6.45) is 0.199. The van der Waals surface area contributed by atoms with Crippen LogP contribution in [-0.4, -0.2) is 44.9 Å². The van der Waals surface area contributed by atoms with Gasteiger partial charge in [0.15, 0.2) is 0 Å². The van der Waals surface area contributed by atoms with E-state index in [4.69, 9.17) is 0 Å². The molecule has 1 N–H and O–H groups in total. The van der Waals surface area contributed by atoms with Crippen LogP contribution >= 0.6 is 0 Å². The summed E-state index contributed by atoms with van der Waals surface area (Å²) in [5.74, 6) is -0.264. The van der Waals surface area contributed by atoms with Crippen molar-refractivity contribution in [3.05, 3.63) is 0 Å². The van der Waals surface area contributed by atoms with E-state index in [1.54, 1.807) is 11.6 Å². The molecule has 0 bridgehead atoms. The average Bonchev–Trinajstić information content (AvgIpc) is 2.21. The first kappa shape index (κ1) is 17.2. The minimum Gasteiger partial charge on any atom is -0.349 e. The molecule has 0 aliphatic carbocycles. The summed E-state index contributed by atoms with van der Waals surface area (Å²) in [7, 11) is -2.32. The number of hydrogen-bond donors (Lipinski definition) is 1. The number of hydrogen-bond acceptors (Lipinski definition) is 3. The Bertz CT molecular complexity index is 379. The molecule has 0 rings (SSSR count). The fourth-order valence-corrected chi connectivity index (χ4v) is 2.01. The number of halogens is 3. The minimum absolute atomic E-state index is 0.00805. The molecule has 1 atom stereocenters. The standard InChI is InChI=1S/C9H17F3N2O3S/c1-4-7(5-6-8(15)14(2)3)13-18(16,17)9(10,11)12/h7,13H,4-6H2,1-3H3. The van der Waals surface area contributed by atoms with Crippen molar-refractivity contribution in [2.24, 2.45) is 0 Å². The highest BCUT2D eigenvalue weighted by Crippen LogP contribution is 2.22. The van der Waals surface area contributed by atoms with Gasteiger partial charge in [0, 0.05) is 26.6 Å². The Kier molecular flexibility index (Phi) is 6.08. The quantitative estimate of drug-likeness (QED) is 0.796. The third-order valence-electron chi connectivity index (χ3n) is 2.32. The van der Waals surface area contributed by atoms with Crippen LogP contribution < -0.4 is 4.72 Å². The van der Waals surface area contributed by atoms with Crippen LogP contribution in [0.5, 0.6) is 0 Å². The maximum atomic E-state index is 12.1. The van der Waals surface area contributed by atoms with Gasteiger partial charge in [-0.05, 0) is 12.8 Å². The third kappa shape index (κ3) is 5.21. The van der Waals surface area contributed by atoms with Crippen LogP contribution in [0.1, 0.15) is 26.2 Å². The highest BCUT2D eigenvalue weighted by Gasteiger charge is 2.46. The molecular weight excluding hydrogens is 273 g/mol. The highest BCUT2D eigenvalue weighted by molar-refractivity contribution is 7.90. The van der Waals surface area contributed by atoms with Gasteiger partial charge >= 0.3 is 15.5 Å². The summed E-state index contributed by atoms with van der Waals surface area (Å²) in [6, 6.07) is -0.902. The molecule has 1 amide bonds. The number of rotatable bonds is 6. The molecule has 0 aromatic heterocycles. The summed E-state index contributed by atoms with van der Waals surface area (Å²) in [5, 5.41) is 0. The Hall–Kier alpha value is -0.830. The van der Waals surface area contributed by atoms with Crippen molar-refractivity contribution in [3.8, 4) is 0 Å². The first-order valence-corrected chi connectivity index (χ1v) is 6.78. The summed E-state index contributed by atoms with van der Waals surface area (Å²) < 4.78 is 59.7. The molecule has 0 saturated heterocycles. The second-order valence-corrected chi connectivity index (χ2v) is 5.70. The van der Waals surface area contributed by atoms with Crippen LogP contribution in [0, 0.1) is 0 Å². The Balaban J connectivity index is 4.51. The van der Waals surface area contributed by atoms with Crippen molar-refractivity contribution in [2.75, 3.05) is 14.1 Å². The number of nitrogens with zero attached hydrogens (tertiary/aromatic N) is 1. The summed E-state index contributed by atoms with van der Waals surface area (Å²) >= 11 is 0. The molecule has 0 aromatic carbocycles. The number of carbonyl (C=O) groups is 1. The third-order valence-corrected chi connectivity index (χ3v) is 3.58. The van der Waals surface area contributed by atoms with Crippen molar-refractivity contribution in [2.45, 2.75) is 37.7 Å². The van der Waals surface area contributed by atoms with E-state index < -0.39 is 21.6 Å². The smallest absolute Gasteiger partial charge is 0.349 e. The summed E-state index contributed by atoms with van der Waals surface area (Å²) in [4.78, 5) is 12.5. The molecule has 18 heavy (non-hydrogen) atoms. The Labute approximate surface area is 104 Å². The number of carbonyl (C=O) groups excluding carboxylic acids is 1. The minimum atomic E-state index is -5.35. The van der Waals surface area contributed by atoms with Gasteiger partial charge in [0.05, 0.1) is 0 Å². The van der Waals surface area contributed by atoms with E-state index >= 15 is 0 Å². The largest absolute Gasteiger partial charge is 0.511 e. The van der Waals surface area contributed by atoms with Crippen molar-refractivity contribution in [1.82, 2.24) is 9.62 Å². The fourth-order valence-electron chi connectivity index (χ4n) is 1.15. The van der Waals surface area contributed by atoms with Gasteiger partial charge in [0.25, 0.3) is 0 Å². The second-order valence-electron chi connectivity index (χ2n) is 4.00. The van der Waals surface area contributed by atoms with E-state index in [0.29, 0.717) is 0 Å². The Morgan fingerprint density at radius 1 is 1.33 bits per heavy atom. The van der Waals surface area contributed by atoms with Crippen LogP contribution in [0.2, 0.25) is 0 Å². The average molecular weight is 290 g/mol. The molecule has 108 valence electrons. The zero-order valence-electron chi connectivity index (χ0n) is 10.4. The number of nitrogens with one attached hydrogen (secondary N) is 1. The summed E-state index contributed by atoms with van der Waals surface area (Å²) in [6.45, 7) is 1.55. The van der Waals surface area contributed by atoms with Crippen LogP contribution in [0.25, 0.3) is 0 Å². The predicted octanol–water partition coefficient (Wildman–Crippen LogP) is 1.07. The Morgan fingerprint density at radius 3 is 2.17 bits per heavy atom. The van der Waals surface area contributed by atoms with E-state index in [9.17, 15) is 26.4 Å². The maximum Gasteiger partial charge on any atom is 0.511 e. The Morgan fingerprint density at radius 2 is 1.83 bits per heavy atom. The van der Waals surface area contributed by atoms with Gasteiger partial charge in [-0.2, -0.15) is 13.2 Å². The molecule has 0 saturated carbocycles. The monoisotopic (exact) mass is 290 g/mol. The molecule has 0 spiro atoms. The van der Waals surface area contributed by atoms with Crippen LogP contribution in [-0.2, 0) is 14.8 Å². The molecule has 0 heterocycles. The van der Waals surface area contributed by atoms with Gasteiger partial charge in [0.2, 0.25) is 5.91 Å². The lowest BCUT2D eigenvalue weighted by Crippen LogP contribution is -2.42. The molecule has 9 heteroatoms. The van der Waals surface area contributed by atoms with Crippen LogP contribution in [0.4, 0.5) is 13.2 Å². The zero-order chi connectivity index (χ0) is 14.6. The lowest BCUT2D eigenvalue weighted by atomic mass is 10.1. The van der Waals surface area contributed by atoms with Gasteiger partial charge in [0.1, 0.15) is 0 Å². The molecule has 0 radical (unpaired) electrons. The molecule has 5 nitrogen and oxygen atoms in total. The molecular formula is C9H17F3N2O3S. The normalized spacial score (nSPS) is 14.3. The van der Waals surface area contributed by atoms with E-state index in [2.05, 4.69) is 0 Å². The van der Waals surface area contributed by atoms with Gasteiger partial charge in [-0.15, -0.1) is 0 Å². The van der Waals surface area contributed by atoms with E-state index in [0.717, 1.165) is 0 Å². The first-order valence-electron chi connectivity index (χ1n) is 5.30. The molecule has 0 aliphatic heterocycles. The van der Waals surface area contributed by atoms with Gasteiger partial charge in [-0.1, -0.05) is 6.92 Å². The van der Waals surface area contributed by atoms with E-state index in [1.807, 2.05) is 0 Å². The van der Waals surface area contributed by atoms with Crippen molar-refractivity contribution >= 4 is 15.9 Å². The number of alkyl halides is 3. The van der Waals surface area contributed by atoms with Crippen LogP contribution in [0.3, 0.4) is 0 Å². The maximum absolute atomic E-state index is 12.1. The first-order chi connectivity index (χ1) is 8.01. The van der Waals surface area contributed by atoms with Gasteiger partial charge < -0.3 is 4.90 Å². The molecule has 0 fully saturated rings. The lowest BCUT2D eigenvalue weighted by Gasteiger charge is -2.19. The zero-order valence-corrected chi connectivity index (χ0v) is 11.2. The number of sulfonamides is 1. The van der Waals surface area contributed by atoms with Gasteiger partial charge in [-0.25, -0.2) is 13.1 Å². The predicted molar refractivity (Wildman–Crippen MR) is 60.1 cm³/mol. The highest BCUT2D eigenvalue weighted by atomic mass is 32.2. The number of amides is 1. The van der Waals surface area contributed by atoms with E-state index in [1.165, 1.54) is 19.0 Å². The van der Waals surface area contributed by atoms with Crippen molar-refractivity contribution < 1.29 is 26.4 Å². The lowest BCUT2D eigenvalue weighted by molar-refractivity contribution is -0.128. The van der Waals surface area contributed by atoms with Crippen LogP contribution in [0.15, 0.2) is 0 Å². The molecule has 0 aliphatic rings. The summed E-state index contributed by atoms with van der Waals surface area (Å²) in [5.41, 5.74) is -5.33. The topological polar surface area (TPSA) is 66.5 Å². The van der Waals surface area contributed by atoms with Crippen molar-refractivity contribution in [1.29, 1.82) is 0 Å². The fraction of sp³-hybridized carbons (Fsp3) is 0.889. The second kappa shape index (κ2) is 6.37. The SMILES string of the molecule is CCC(CCC(=O)N(C)C)NS(=O)(=O)C(F)(F)F. The molecule has 0 aromatic rings. The van der Waals surface area contributed by atoms with E-state index in [-0.39, 0.29) is 25.2 Å². The van der Waals surface area contributed by atoms with Crippen molar-refractivity contribution in [3.63, 3.8) is 0 Å². The molecule has 1 unspecified atom stereocenters. The van der Waals surface area contributed by atoms with Gasteiger partial charge in [-0.3, -0.25) is 4.79 Å².